The van der Waals surface area contributed by atoms with Gasteiger partial charge in [0.15, 0.2) is 0 Å². The van der Waals surface area contributed by atoms with Gasteiger partial charge in [0.1, 0.15) is 0 Å². The van der Waals surface area contributed by atoms with Gasteiger partial charge in [-0.15, -0.1) is 12.4 Å². The monoisotopic (exact) mass is 1610 g/mol. The van der Waals surface area contributed by atoms with Gasteiger partial charge in [-0.1, -0.05) is 170 Å². The number of likely N-dealkylation sites (tertiary alicyclic amines) is 2. The van der Waals surface area contributed by atoms with Crippen LogP contribution in [-0.2, 0) is 0 Å². The first-order chi connectivity index (χ1) is 44.4. The molecule has 8 aromatic rings. The van der Waals surface area contributed by atoms with Crippen molar-refractivity contribution in [3.05, 3.63) is 194 Å². The fraction of sp³-hybridized carbons (Fsp3) is 0.388. The first kappa shape index (κ1) is 85.6. The predicted octanol–water partition coefficient (Wildman–Crippen LogP) is 19.7. The average Bonchev–Trinajstić information content (AvgIpc) is 0.820. The molecule has 522 valence electrons. The van der Waals surface area contributed by atoms with Gasteiger partial charge < -0.3 is 31.1 Å². The van der Waals surface area contributed by atoms with Crippen molar-refractivity contribution < 1.29 is 22.4 Å². The molecule has 0 unspecified atom stereocenters. The number of aryl methyl sites for hydroxylation is 1. The normalized spacial score (nSPS) is 13.8. The molecule has 0 radical (unpaired) electrons. The molecular weight excluding hydrogens is 1540 g/mol. The lowest BCUT2D eigenvalue weighted by Crippen LogP contribution is -2.48. The van der Waals surface area contributed by atoms with Gasteiger partial charge in [-0.25, -0.2) is 24.7 Å². The summed E-state index contributed by atoms with van der Waals surface area (Å²) in [7, 11) is 8.14. The van der Waals surface area contributed by atoms with Crippen LogP contribution in [0.5, 0.6) is 0 Å². The van der Waals surface area contributed by atoms with Crippen molar-refractivity contribution in [3.63, 3.8) is 0 Å². The smallest absolute Gasteiger partial charge is 0.317 e. The third-order valence-electron chi connectivity index (χ3n) is 15.0. The van der Waals surface area contributed by atoms with E-state index < -0.39 is 23.8 Å². The topological polar surface area (TPSA) is 180 Å². The van der Waals surface area contributed by atoms with Gasteiger partial charge in [0.2, 0.25) is 23.8 Å². The number of hydrogen-bond acceptors (Lipinski definition) is 13. The molecule has 2 aliphatic rings. The van der Waals surface area contributed by atoms with E-state index in [0.29, 0.717) is 86.1 Å². The standard InChI is InChI=1S/C20H24Cl2FN5O.C13H11Cl2FN2.C12H10Cl2FN3.C9H9Cl2I.C7H16N2.C5H5FN2.CH4.ClH/c1-12(25-20(29)28(3)13-6-8-27(2)9-7-13)14-4-5-15(19(22)18(14)21)16-10-24-11-17(23)26-16;1-7(2)8-3-4-9(13(15)12(8)14)10-5-17-6-11(16)18-10;1-6(16)7-2-3-8(12(14)11(7)13)9-4-17-5-10(15)18-9;1-5(2)6-3-4-7(12)9(11)8(6)10;1-8-7-3-5-9(2)6-4-7;1-4-2-7-3-5(6)8-4;;/h4-5,10-13H,6-9H2,1-3H3,(H,25,29);3-7H,1-2H3;2-6H,16H2,1H3;3-5H,1-2H3;7-8H,3-6H2,1-2H3;2-3H,1H3;1H4;1H/t12-;;6-;;;;;/m0.0...../s1. The molecule has 4 aromatic heterocycles. The molecule has 10 rings (SSSR count). The van der Waals surface area contributed by atoms with Crippen molar-refractivity contribution in [1.82, 2.24) is 65.2 Å². The van der Waals surface area contributed by atoms with E-state index in [1.165, 1.54) is 50.7 Å². The Labute approximate surface area is 621 Å². The maximum absolute atomic E-state index is 13.4. The van der Waals surface area contributed by atoms with Crippen molar-refractivity contribution in [2.75, 3.05) is 54.4 Å². The van der Waals surface area contributed by atoms with Crippen LogP contribution in [0.4, 0.5) is 22.4 Å². The van der Waals surface area contributed by atoms with Crippen LogP contribution in [0.3, 0.4) is 0 Å². The first-order valence-corrected chi connectivity index (χ1v) is 33.8. The van der Waals surface area contributed by atoms with Crippen molar-refractivity contribution in [2.24, 2.45) is 5.73 Å². The van der Waals surface area contributed by atoms with Gasteiger partial charge >= 0.3 is 6.03 Å². The molecule has 2 amide bonds. The molecule has 4 aromatic carbocycles. The highest BCUT2D eigenvalue weighted by molar-refractivity contribution is 14.1. The summed E-state index contributed by atoms with van der Waals surface area (Å²) in [5.41, 5.74) is 12.4. The summed E-state index contributed by atoms with van der Waals surface area (Å²) in [5.74, 6) is -1.85. The number of piperidine rings is 2. The number of benzene rings is 4. The number of amides is 2. The zero-order valence-corrected chi connectivity index (χ0v) is 63.1. The van der Waals surface area contributed by atoms with E-state index in [-0.39, 0.29) is 54.9 Å². The molecule has 29 heteroatoms. The summed E-state index contributed by atoms with van der Waals surface area (Å²) < 4.78 is 52.4. The summed E-state index contributed by atoms with van der Waals surface area (Å²) in [6, 6.07) is 14.9. The fourth-order valence-corrected chi connectivity index (χ4v) is 12.5. The van der Waals surface area contributed by atoms with Gasteiger partial charge in [0, 0.05) is 51.6 Å². The molecule has 0 aliphatic carbocycles. The van der Waals surface area contributed by atoms with Gasteiger partial charge in [-0.2, -0.15) is 17.6 Å². The molecule has 2 aliphatic heterocycles. The first-order valence-electron chi connectivity index (χ1n) is 29.7. The second-order valence-corrected chi connectivity index (χ2v) is 26.9. The number of carbonyl (C=O) groups is 1. The average molecular weight is 1620 g/mol. The third kappa shape index (κ3) is 25.5. The third-order valence-corrected chi connectivity index (χ3v) is 19.8. The quantitative estimate of drug-likeness (QED) is 0.0669. The van der Waals surface area contributed by atoms with Crippen molar-refractivity contribution in [3.8, 4) is 33.8 Å². The Kier molecular flexibility index (Phi) is 37.3. The maximum Gasteiger partial charge on any atom is 0.317 e. The van der Waals surface area contributed by atoms with E-state index in [0.717, 1.165) is 77.0 Å². The van der Waals surface area contributed by atoms with E-state index in [1.54, 1.807) is 49.1 Å². The summed E-state index contributed by atoms with van der Waals surface area (Å²) in [6.07, 6.45) is 14.5. The second-order valence-electron chi connectivity index (χ2n) is 22.7. The highest BCUT2D eigenvalue weighted by Crippen LogP contribution is 2.41. The number of nitrogens with two attached hydrogens (primary N) is 1. The molecule has 0 bridgehead atoms. The molecule has 15 nitrogen and oxygen atoms in total. The van der Waals surface area contributed by atoms with Crippen molar-refractivity contribution >= 4 is 134 Å². The fourth-order valence-electron chi connectivity index (χ4n) is 9.46. The zero-order valence-electron chi connectivity index (χ0n) is 54.1. The summed E-state index contributed by atoms with van der Waals surface area (Å²) in [5, 5.41) is 9.70. The van der Waals surface area contributed by atoms with Crippen molar-refractivity contribution in [2.45, 2.75) is 118 Å². The Morgan fingerprint density at radius 1 is 0.531 bits per heavy atom. The van der Waals surface area contributed by atoms with Gasteiger partial charge in [0.25, 0.3) is 0 Å². The SMILES string of the molecule is C.CC(C)c1ccc(-c2cncc(F)n2)c(Cl)c1Cl.CC(C)c1ccc(I)c(Cl)c1Cl.CNC1CCN(C)CC1.C[C@H](N)c1ccc(-c2cncc(F)n2)c(Cl)c1Cl.C[C@H](NC(=O)N(C)C1CCN(C)CC1)c1ccc(-c2cncc(F)n2)c(Cl)c1Cl.Cc1cncc(F)n1.Cl. The highest BCUT2D eigenvalue weighted by atomic mass is 127. The Hall–Kier alpha value is -4.63. The van der Waals surface area contributed by atoms with Crippen LogP contribution in [0.15, 0.2) is 98.1 Å². The van der Waals surface area contributed by atoms with Crippen LogP contribution in [-0.4, -0.2) is 127 Å². The second kappa shape index (κ2) is 41.8. The van der Waals surface area contributed by atoms with Crippen LogP contribution < -0.4 is 16.4 Å². The molecule has 2 atom stereocenters. The number of urea groups is 1. The maximum atomic E-state index is 13.4. The number of aromatic nitrogens is 8. The largest absolute Gasteiger partial charge is 0.331 e. The van der Waals surface area contributed by atoms with Crippen LogP contribution in [0.2, 0.25) is 40.2 Å². The Morgan fingerprint density at radius 2 is 0.875 bits per heavy atom. The van der Waals surface area contributed by atoms with Gasteiger partial charge in [0.05, 0.1) is 112 Å². The molecule has 96 heavy (non-hydrogen) atoms. The number of halogens is 14. The Morgan fingerprint density at radius 3 is 1.24 bits per heavy atom. The molecule has 2 saturated heterocycles. The minimum Gasteiger partial charge on any atom is -0.331 e. The number of rotatable bonds is 10. The summed E-state index contributed by atoms with van der Waals surface area (Å²) in [4.78, 5) is 48.6. The number of hydrogen-bond donors (Lipinski definition) is 3. The summed E-state index contributed by atoms with van der Waals surface area (Å²) in [6.45, 7) is 18.1. The lowest BCUT2D eigenvalue weighted by molar-refractivity contribution is 0.146. The van der Waals surface area contributed by atoms with Gasteiger partial charge in [-0.05, 0) is 157 Å². The molecule has 2 fully saturated rings. The van der Waals surface area contributed by atoms with Crippen LogP contribution >= 0.6 is 128 Å². The van der Waals surface area contributed by atoms with Crippen LogP contribution in [0.25, 0.3) is 33.8 Å². The molecule has 6 heterocycles. The molecule has 0 saturated carbocycles. The Balaban J connectivity index is 0.000000315. The number of carbonyl (C=O) groups excluding carboxylic acids is 1. The molecule has 0 spiro atoms. The highest BCUT2D eigenvalue weighted by Gasteiger charge is 2.27. The van der Waals surface area contributed by atoms with E-state index >= 15 is 0 Å². The van der Waals surface area contributed by atoms with E-state index in [2.05, 4.69) is 118 Å². The van der Waals surface area contributed by atoms with Crippen molar-refractivity contribution in [1.29, 1.82) is 0 Å². The summed E-state index contributed by atoms with van der Waals surface area (Å²) >= 11 is 51.8. The minimum atomic E-state index is -0.698. The van der Waals surface area contributed by atoms with E-state index in [1.807, 2.05) is 46.0 Å². The Bertz CT molecular complexity index is 3660. The lowest BCUT2D eigenvalue weighted by atomic mass is 10.0. The van der Waals surface area contributed by atoms with E-state index in [9.17, 15) is 22.4 Å². The van der Waals surface area contributed by atoms with Gasteiger partial charge in [-0.3, -0.25) is 19.9 Å². The zero-order chi connectivity index (χ0) is 69.7. The van der Waals surface area contributed by atoms with Crippen LogP contribution in [0, 0.1) is 34.3 Å². The number of nitrogens with one attached hydrogen (secondary N) is 2. The lowest BCUT2D eigenvalue weighted by Gasteiger charge is -2.35. The molecule has 4 N–H and O–H groups in total. The molecular formula is C67H80Cl9F4IN14O. The predicted molar refractivity (Wildman–Crippen MR) is 398 cm³/mol. The minimum absolute atomic E-state index is 0. The van der Waals surface area contributed by atoms with E-state index in [4.69, 9.17) is 98.5 Å². The number of nitrogens with zero attached hydrogens (tertiary/aromatic N) is 11. The van der Waals surface area contributed by atoms with Crippen LogP contribution in [0.1, 0.15) is 127 Å².